The van der Waals surface area contributed by atoms with Gasteiger partial charge in [-0.3, -0.25) is 4.79 Å². The van der Waals surface area contributed by atoms with Gasteiger partial charge in [0.1, 0.15) is 0 Å². The van der Waals surface area contributed by atoms with Crippen LogP contribution in [-0.4, -0.2) is 11.9 Å². The summed E-state index contributed by atoms with van der Waals surface area (Å²) in [6.07, 6.45) is 2.23. The second-order valence-electron chi connectivity index (χ2n) is 4.15. The van der Waals surface area contributed by atoms with Crippen molar-refractivity contribution in [2.24, 2.45) is 5.73 Å². The largest absolute Gasteiger partial charge is 0.366 e. The van der Waals surface area contributed by atoms with E-state index in [1.165, 1.54) is 0 Å². The third-order valence-corrected chi connectivity index (χ3v) is 2.98. The van der Waals surface area contributed by atoms with Crippen molar-refractivity contribution in [3.8, 4) is 0 Å². The molecule has 1 heterocycles. The summed E-state index contributed by atoms with van der Waals surface area (Å²) >= 11 is 0. The number of rotatable bonds is 2. The van der Waals surface area contributed by atoms with E-state index in [1.807, 2.05) is 18.2 Å². The molecule has 0 saturated carbocycles. The highest BCUT2D eigenvalue weighted by Gasteiger charge is 2.24. The smallest absolute Gasteiger partial charge is 0.249 e. The van der Waals surface area contributed by atoms with Gasteiger partial charge in [0.2, 0.25) is 5.91 Å². The van der Waals surface area contributed by atoms with Crippen LogP contribution >= 0.6 is 0 Å². The van der Waals surface area contributed by atoms with Crippen molar-refractivity contribution in [3.05, 3.63) is 35.4 Å². The fourth-order valence-electron chi connectivity index (χ4n) is 2.20. The van der Waals surface area contributed by atoms with Gasteiger partial charge in [-0.05, 0) is 31.4 Å². The fraction of sp³-hybridized carbons (Fsp3) is 0.417. The predicted octanol–water partition coefficient (Wildman–Crippen LogP) is 1.60. The summed E-state index contributed by atoms with van der Waals surface area (Å²) in [5.74, 6) is -0.341. The topological polar surface area (TPSA) is 55.1 Å². The molecule has 3 nitrogen and oxygen atoms in total. The van der Waals surface area contributed by atoms with E-state index in [9.17, 15) is 4.79 Å². The molecule has 3 heteroatoms. The van der Waals surface area contributed by atoms with Crippen LogP contribution in [0.3, 0.4) is 0 Å². The van der Waals surface area contributed by atoms with Crippen molar-refractivity contribution in [2.45, 2.75) is 31.8 Å². The van der Waals surface area contributed by atoms with Crippen molar-refractivity contribution in [1.82, 2.24) is 5.32 Å². The number of hydrogen-bond acceptors (Lipinski definition) is 2. The number of benzene rings is 1. The van der Waals surface area contributed by atoms with Gasteiger partial charge in [0.05, 0.1) is 0 Å². The monoisotopic (exact) mass is 204 g/mol. The summed E-state index contributed by atoms with van der Waals surface area (Å²) in [5.41, 5.74) is 7.03. The number of amides is 1. The summed E-state index contributed by atoms with van der Waals surface area (Å²) in [7, 11) is 0. The summed E-state index contributed by atoms with van der Waals surface area (Å²) in [6.45, 7) is 2.16. The maximum atomic E-state index is 11.3. The SMILES string of the molecule is CC1CCC(c2ccccc2C(N)=O)N1. The molecule has 80 valence electrons. The average Bonchev–Trinajstić information content (AvgIpc) is 2.65. The molecule has 1 aliphatic rings. The molecule has 0 bridgehead atoms. The lowest BCUT2D eigenvalue weighted by atomic mass is 9.99. The summed E-state index contributed by atoms with van der Waals surface area (Å²) in [5, 5.41) is 3.46. The second kappa shape index (κ2) is 4.03. The van der Waals surface area contributed by atoms with Crippen LogP contribution in [0.5, 0.6) is 0 Å². The van der Waals surface area contributed by atoms with E-state index in [-0.39, 0.29) is 11.9 Å². The summed E-state index contributed by atoms with van der Waals surface area (Å²) < 4.78 is 0. The lowest BCUT2D eigenvalue weighted by molar-refractivity contribution is 0.0999. The van der Waals surface area contributed by atoms with Crippen LogP contribution in [0, 0.1) is 0 Å². The van der Waals surface area contributed by atoms with E-state index in [2.05, 4.69) is 12.2 Å². The average molecular weight is 204 g/mol. The van der Waals surface area contributed by atoms with Crippen molar-refractivity contribution >= 4 is 5.91 Å². The molecule has 0 aliphatic carbocycles. The van der Waals surface area contributed by atoms with Gasteiger partial charge in [0.15, 0.2) is 0 Å². The zero-order valence-electron chi connectivity index (χ0n) is 8.86. The van der Waals surface area contributed by atoms with Gasteiger partial charge in [-0.15, -0.1) is 0 Å². The molecule has 0 aromatic heterocycles. The lowest BCUT2D eigenvalue weighted by Gasteiger charge is -2.14. The molecule has 1 aromatic rings. The quantitative estimate of drug-likeness (QED) is 0.768. The first-order valence-corrected chi connectivity index (χ1v) is 5.33. The van der Waals surface area contributed by atoms with Crippen LogP contribution in [-0.2, 0) is 0 Å². The number of carbonyl (C=O) groups excluding carboxylic acids is 1. The Morgan fingerprint density at radius 3 is 2.73 bits per heavy atom. The Labute approximate surface area is 89.7 Å². The van der Waals surface area contributed by atoms with Gasteiger partial charge < -0.3 is 11.1 Å². The van der Waals surface area contributed by atoms with Gasteiger partial charge in [-0.25, -0.2) is 0 Å². The molecule has 2 rings (SSSR count). The van der Waals surface area contributed by atoms with Crippen LogP contribution < -0.4 is 11.1 Å². The van der Waals surface area contributed by atoms with Crippen molar-refractivity contribution in [1.29, 1.82) is 0 Å². The van der Waals surface area contributed by atoms with E-state index in [1.54, 1.807) is 6.07 Å². The molecule has 1 aromatic carbocycles. The Kier molecular flexibility index (Phi) is 2.73. The molecular formula is C12H16N2O. The maximum Gasteiger partial charge on any atom is 0.249 e. The number of primary amides is 1. The molecule has 1 fully saturated rings. The minimum absolute atomic E-state index is 0.281. The maximum absolute atomic E-state index is 11.3. The van der Waals surface area contributed by atoms with Crippen LogP contribution in [0.2, 0.25) is 0 Å². The van der Waals surface area contributed by atoms with Gasteiger partial charge in [-0.1, -0.05) is 18.2 Å². The zero-order valence-corrected chi connectivity index (χ0v) is 8.86. The molecule has 0 radical (unpaired) electrons. The number of nitrogens with one attached hydrogen (secondary N) is 1. The third-order valence-electron chi connectivity index (χ3n) is 2.98. The molecule has 1 saturated heterocycles. The summed E-state index contributed by atoms with van der Waals surface area (Å²) in [4.78, 5) is 11.3. The Hall–Kier alpha value is -1.35. The molecular weight excluding hydrogens is 188 g/mol. The summed E-state index contributed by atoms with van der Waals surface area (Å²) in [6, 6.07) is 8.38. The van der Waals surface area contributed by atoms with E-state index >= 15 is 0 Å². The van der Waals surface area contributed by atoms with Crippen LogP contribution in [0.1, 0.15) is 41.7 Å². The van der Waals surface area contributed by atoms with Crippen LogP contribution in [0.25, 0.3) is 0 Å². The molecule has 3 N–H and O–H groups in total. The number of hydrogen-bond donors (Lipinski definition) is 2. The highest BCUT2D eigenvalue weighted by atomic mass is 16.1. The molecule has 1 aliphatic heterocycles. The molecule has 15 heavy (non-hydrogen) atoms. The standard InChI is InChI=1S/C12H16N2O/c1-8-6-7-11(14-8)9-4-2-3-5-10(9)12(13)15/h2-5,8,11,14H,6-7H2,1H3,(H2,13,15). The van der Waals surface area contributed by atoms with Gasteiger partial charge >= 0.3 is 0 Å². The lowest BCUT2D eigenvalue weighted by Crippen LogP contribution is -2.23. The van der Waals surface area contributed by atoms with E-state index < -0.39 is 0 Å². The third kappa shape index (κ3) is 2.02. The Morgan fingerprint density at radius 1 is 1.40 bits per heavy atom. The second-order valence-corrected chi connectivity index (χ2v) is 4.15. The minimum atomic E-state index is -0.341. The van der Waals surface area contributed by atoms with Crippen molar-refractivity contribution < 1.29 is 4.79 Å². The first kappa shape index (κ1) is 10.2. The van der Waals surface area contributed by atoms with E-state index in [0.717, 1.165) is 18.4 Å². The Morgan fingerprint density at radius 2 is 2.13 bits per heavy atom. The van der Waals surface area contributed by atoms with Crippen molar-refractivity contribution in [2.75, 3.05) is 0 Å². The highest BCUT2D eigenvalue weighted by molar-refractivity contribution is 5.94. The fourth-order valence-corrected chi connectivity index (χ4v) is 2.20. The number of nitrogens with two attached hydrogens (primary N) is 1. The van der Waals surface area contributed by atoms with Crippen molar-refractivity contribution in [3.63, 3.8) is 0 Å². The highest BCUT2D eigenvalue weighted by Crippen LogP contribution is 2.28. The van der Waals surface area contributed by atoms with Gasteiger partial charge in [-0.2, -0.15) is 0 Å². The molecule has 2 unspecified atom stereocenters. The zero-order chi connectivity index (χ0) is 10.8. The van der Waals surface area contributed by atoms with Gasteiger partial charge in [0, 0.05) is 17.6 Å². The van der Waals surface area contributed by atoms with E-state index in [4.69, 9.17) is 5.73 Å². The minimum Gasteiger partial charge on any atom is -0.366 e. The Bertz CT molecular complexity index is 376. The molecule has 0 spiro atoms. The molecule has 1 amide bonds. The van der Waals surface area contributed by atoms with Crippen LogP contribution in [0.4, 0.5) is 0 Å². The predicted molar refractivity (Wildman–Crippen MR) is 59.5 cm³/mol. The first-order chi connectivity index (χ1) is 7.18. The van der Waals surface area contributed by atoms with Crippen LogP contribution in [0.15, 0.2) is 24.3 Å². The Balaban J connectivity index is 2.31. The molecule has 2 atom stereocenters. The van der Waals surface area contributed by atoms with Gasteiger partial charge in [0.25, 0.3) is 0 Å². The first-order valence-electron chi connectivity index (χ1n) is 5.33. The number of carbonyl (C=O) groups is 1. The van der Waals surface area contributed by atoms with E-state index in [0.29, 0.717) is 11.6 Å². The normalized spacial score (nSPS) is 25.4.